The number of alkyl carbamates (subject to hydrolysis) is 1. The van der Waals surface area contributed by atoms with Crippen molar-refractivity contribution in [1.29, 1.82) is 0 Å². The number of carbonyl (C=O) groups is 4. The fourth-order valence-corrected chi connectivity index (χ4v) is 5.64. The molecule has 1 unspecified atom stereocenters. The summed E-state index contributed by atoms with van der Waals surface area (Å²) in [5.74, 6) is -1.02. The van der Waals surface area contributed by atoms with Gasteiger partial charge in [-0.15, -0.1) is 13.2 Å². The molecule has 1 aliphatic heterocycles. The highest BCUT2D eigenvalue weighted by Gasteiger charge is 2.69. The van der Waals surface area contributed by atoms with E-state index >= 15 is 0 Å². The van der Waals surface area contributed by atoms with E-state index in [0.717, 1.165) is 32.1 Å². The molecule has 1 aliphatic carbocycles. The first kappa shape index (κ1) is 32.4. The zero-order valence-corrected chi connectivity index (χ0v) is 24.7. The van der Waals surface area contributed by atoms with Crippen molar-refractivity contribution < 1.29 is 28.7 Å². The van der Waals surface area contributed by atoms with Crippen LogP contribution < -0.4 is 10.6 Å². The number of ether oxygens (including phenoxy) is 2. The minimum atomic E-state index is -0.823. The molecule has 2 aliphatic rings. The number of amides is 3. The quantitative estimate of drug-likeness (QED) is 0.177. The minimum absolute atomic E-state index is 0.0246. The lowest BCUT2D eigenvalue weighted by atomic mass is 9.98. The summed E-state index contributed by atoms with van der Waals surface area (Å²) >= 11 is 0. The molecule has 0 spiro atoms. The summed E-state index contributed by atoms with van der Waals surface area (Å²) in [6.07, 6.45) is 8.58. The average molecular weight is 548 g/mol. The van der Waals surface area contributed by atoms with E-state index in [0.29, 0.717) is 25.8 Å². The fraction of sp³-hybridized carbons (Fsp3) is 0.733. The van der Waals surface area contributed by atoms with Crippen LogP contribution in [0.2, 0.25) is 0 Å². The fourth-order valence-electron chi connectivity index (χ4n) is 5.64. The van der Waals surface area contributed by atoms with Crippen molar-refractivity contribution in [1.82, 2.24) is 15.5 Å². The van der Waals surface area contributed by atoms with Gasteiger partial charge in [-0.3, -0.25) is 9.59 Å². The summed E-state index contributed by atoms with van der Waals surface area (Å²) in [5, 5.41) is 5.63. The highest BCUT2D eigenvalue weighted by atomic mass is 16.6. The molecule has 1 heterocycles. The summed E-state index contributed by atoms with van der Waals surface area (Å²) < 4.78 is 10.4. The van der Waals surface area contributed by atoms with Crippen molar-refractivity contribution in [2.24, 2.45) is 17.3 Å². The SMILES string of the molecule is C=CCCCC[C@H](NC(=O)[C@@H]1[C@@H]2C(CN1C(=O)[C@H](CCCCC=C)NC(=O)OC(C)(C)C)C2(C)C)C(=O)OC. The average Bonchev–Trinajstić information content (AvgIpc) is 3.17. The lowest BCUT2D eigenvalue weighted by molar-refractivity contribution is -0.147. The smallest absolute Gasteiger partial charge is 0.408 e. The van der Waals surface area contributed by atoms with Crippen molar-refractivity contribution in [3.8, 4) is 0 Å². The number of rotatable bonds is 15. The Balaban J connectivity index is 2.22. The largest absolute Gasteiger partial charge is 0.467 e. The van der Waals surface area contributed by atoms with E-state index in [1.165, 1.54) is 7.11 Å². The van der Waals surface area contributed by atoms with E-state index in [9.17, 15) is 19.2 Å². The van der Waals surface area contributed by atoms with Gasteiger partial charge in [0.05, 0.1) is 7.11 Å². The molecule has 0 aromatic heterocycles. The second kappa shape index (κ2) is 14.0. The van der Waals surface area contributed by atoms with Crippen LogP contribution in [0.3, 0.4) is 0 Å². The van der Waals surface area contributed by atoms with Gasteiger partial charge in [0.25, 0.3) is 0 Å². The summed E-state index contributed by atoms with van der Waals surface area (Å²) in [5.41, 5.74) is -0.807. The number of unbranched alkanes of at least 4 members (excludes halogenated alkanes) is 4. The minimum Gasteiger partial charge on any atom is -0.467 e. The van der Waals surface area contributed by atoms with Gasteiger partial charge in [-0.05, 0) is 76.5 Å². The zero-order valence-electron chi connectivity index (χ0n) is 24.7. The Morgan fingerprint density at radius 3 is 2.05 bits per heavy atom. The normalized spacial score (nSPS) is 22.6. The molecule has 0 radical (unpaired) electrons. The molecular weight excluding hydrogens is 498 g/mol. The van der Waals surface area contributed by atoms with E-state index in [1.54, 1.807) is 25.7 Å². The first-order chi connectivity index (χ1) is 18.3. The molecule has 1 saturated heterocycles. The molecule has 9 nitrogen and oxygen atoms in total. The second-order valence-corrected chi connectivity index (χ2v) is 12.3. The van der Waals surface area contributed by atoms with Crippen molar-refractivity contribution >= 4 is 23.9 Å². The molecule has 0 aromatic carbocycles. The molecular formula is C30H49N3O6. The van der Waals surface area contributed by atoms with Crippen LogP contribution in [0.15, 0.2) is 25.3 Å². The first-order valence-corrected chi connectivity index (χ1v) is 14.2. The Hall–Kier alpha value is -2.84. The van der Waals surface area contributed by atoms with E-state index in [1.807, 2.05) is 12.2 Å². The third-order valence-electron chi connectivity index (χ3n) is 7.85. The number of fused-ring (bicyclic) bond motifs is 1. The van der Waals surface area contributed by atoms with Crippen molar-refractivity contribution in [3.05, 3.63) is 25.3 Å². The van der Waals surface area contributed by atoms with Gasteiger partial charge in [-0.25, -0.2) is 9.59 Å². The Kier molecular flexibility index (Phi) is 11.6. The zero-order chi connectivity index (χ0) is 29.4. The maximum absolute atomic E-state index is 13.9. The summed E-state index contributed by atoms with van der Waals surface area (Å²) in [7, 11) is 1.30. The molecule has 39 heavy (non-hydrogen) atoms. The van der Waals surface area contributed by atoms with Crippen molar-refractivity contribution in [3.63, 3.8) is 0 Å². The molecule has 2 N–H and O–H groups in total. The molecule has 0 aromatic rings. The summed E-state index contributed by atoms with van der Waals surface area (Å²) in [6.45, 7) is 17.4. The van der Waals surface area contributed by atoms with Gasteiger partial charge in [0.2, 0.25) is 11.8 Å². The number of hydrogen-bond acceptors (Lipinski definition) is 6. The van der Waals surface area contributed by atoms with Crippen LogP contribution in [-0.4, -0.2) is 66.2 Å². The number of allylic oxidation sites excluding steroid dienone is 2. The van der Waals surface area contributed by atoms with Gasteiger partial charge < -0.3 is 25.0 Å². The Morgan fingerprint density at radius 1 is 0.974 bits per heavy atom. The van der Waals surface area contributed by atoms with Crippen molar-refractivity contribution in [2.75, 3.05) is 13.7 Å². The molecule has 220 valence electrons. The maximum atomic E-state index is 13.9. The molecule has 2 fully saturated rings. The maximum Gasteiger partial charge on any atom is 0.408 e. The molecule has 2 rings (SSSR count). The predicted molar refractivity (Wildman–Crippen MR) is 151 cm³/mol. The number of nitrogens with one attached hydrogen (secondary N) is 2. The standard InChI is InChI=1S/C30H49N3O6/c1-9-11-13-15-17-21(32-28(37)39-29(3,4)5)26(35)33-19-20-23(30(20,6)7)24(33)25(34)31-22(27(36)38-8)18-16-14-12-10-2/h9-10,20-24H,1-2,11-19H2,3-8H3,(H,31,34)(H,32,37)/t20?,21-,22-,23-,24-/m0/s1. The topological polar surface area (TPSA) is 114 Å². The van der Waals surface area contributed by atoms with Crippen LogP contribution in [0.25, 0.3) is 0 Å². The first-order valence-electron chi connectivity index (χ1n) is 14.2. The molecule has 1 saturated carbocycles. The van der Waals surface area contributed by atoms with Crippen LogP contribution in [-0.2, 0) is 23.9 Å². The summed E-state index contributed by atoms with van der Waals surface area (Å²) in [6, 6.07) is -2.34. The Labute approximate surface area is 234 Å². The Bertz CT molecular complexity index is 909. The number of esters is 1. The van der Waals surface area contributed by atoms with Gasteiger partial charge in [0, 0.05) is 6.54 Å². The molecule has 0 bridgehead atoms. The van der Waals surface area contributed by atoms with E-state index in [2.05, 4.69) is 37.6 Å². The molecule has 5 atom stereocenters. The van der Waals surface area contributed by atoms with E-state index < -0.39 is 35.8 Å². The van der Waals surface area contributed by atoms with Crippen LogP contribution in [0.1, 0.15) is 86.0 Å². The number of methoxy groups -OCH3 is 1. The van der Waals surface area contributed by atoms with Crippen LogP contribution >= 0.6 is 0 Å². The van der Waals surface area contributed by atoms with Gasteiger partial charge in [0.15, 0.2) is 0 Å². The summed E-state index contributed by atoms with van der Waals surface area (Å²) in [4.78, 5) is 54.2. The number of carbonyl (C=O) groups excluding carboxylic acids is 4. The lowest BCUT2D eigenvalue weighted by Crippen LogP contribution is -2.57. The van der Waals surface area contributed by atoms with Crippen molar-refractivity contribution in [2.45, 2.75) is 110 Å². The highest BCUT2D eigenvalue weighted by Crippen LogP contribution is 2.64. The predicted octanol–water partition coefficient (Wildman–Crippen LogP) is 4.51. The third kappa shape index (κ3) is 8.83. The van der Waals surface area contributed by atoms with E-state index in [4.69, 9.17) is 9.47 Å². The van der Waals surface area contributed by atoms with Gasteiger partial charge >= 0.3 is 12.1 Å². The Morgan fingerprint density at radius 2 is 1.54 bits per heavy atom. The van der Waals surface area contributed by atoms with Gasteiger partial charge in [-0.2, -0.15) is 0 Å². The molecule has 3 amide bonds. The molecule has 9 heteroatoms. The third-order valence-corrected chi connectivity index (χ3v) is 7.85. The van der Waals surface area contributed by atoms with E-state index in [-0.39, 0.29) is 29.1 Å². The monoisotopic (exact) mass is 547 g/mol. The van der Waals surface area contributed by atoms with Crippen LogP contribution in [0.5, 0.6) is 0 Å². The number of likely N-dealkylation sites (tertiary alicyclic amines) is 1. The van der Waals surface area contributed by atoms with Crippen LogP contribution in [0, 0.1) is 17.3 Å². The van der Waals surface area contributed by atoms with Gasteiger partial charge in [0.1, 0.15) is 23.7 Å². The highest BCUT2D eigenvalue weighted by molar-refractivity contribution is 5.94. The van der Waals surface area contributed by atoms with Crippen LogP contribution in [0.4, 0.5) is 4.79 Å². The van der Waals surface area contributed by atoms with Gasteiger partial charge in [-0.1, -0.05) is 38.8 Å². The number of piperidine rings is 1. The lowest BCUT2D eigenvalue weighted by Gasteiger charge is -2.34. The number of hydrogen-bond donors (Lipinski definition) is 2. The number of nitrogens with zero attached hydrogens (tertiary/aromatic N) is 1. The second-order valence-electron chi connectivity index (χ2n) is 12.3.